The highest BCUT2D eigenvalue weighted by molar-refractivity contribution is 7.99. The van der Waals surface area contributed by atoms with Crippen LogP contribution in [-0.4, -0.2) is 30.9 Å². The van der Waals surface area contributed by atoms with Crippen LogP contribution in [-0.2, 0) is 13.2 Å². The highest BCUT2D eigenvalue weighted by atomic mass is 32.2. The molecule has 0 amide bonds. The largest absolute Gasteiger partial charge is 0.416 e. The quantitative estimate of drug-likeness (QED) is 0.480. The van der Waals surface area contributed by atoms with Gasteiger partial charge in [-0.1, -0.05) is 17.8 Å². The van der Waals surface area contributed by atoms with Crippen molar-refractivity contribution in [2.24, 2.45) is 7.05 Å². The molecule has 0 bridgehead atoms. The third-order valence-corrected chi connectivity index (χ3v) is 5.20. The summed E-state index contributed by atoms with van der Waals surface area (Å²) >= 11 is 1.26. The highest BCUT2D eigenvalue weighted by Crippen LogP contribution is 2.31. The molecule has 5 nitrogen and oxygen atoms in total. The van der Waals surface area contributed by atoms with Crippen LogP contribution in [0.3, 0.4) is 0 Å². The van der Waals surface area contributed by atoms with Crippen LogP contribution in [0.15, 0.2) is 41.8 Å². The van der Waals surface area contributed by atoms with Gasteiger partial charge < -0.3 is 9.13 Å². The van der Waals surface area contributed by atoms with Crippen LogP contribution in [0.1, 0.15) is 27.3 Å². The fourth-order valence-electron chi connectivity index (χ4n) is 2.87. The van der Waals surface area contributed by atoms with E-state index >= 15 is 0 Å². The van der Waals surface area contributed by atoms with E-state index in [4.69, 9.17) is 0 Å². The summed E-state index contributed by atoms with van der Waals surface area (Å²) in [7, 11) is 1.78. The number of alkyl halides is 3. The number of benzene rings is 1. The molecule has 0 aliphatic carbocycles. The van der Waals surface area contributed by atoms with Crippen molar-refractivity contribution >= 4 is 17.5 Å². The number of aromatic nitrogens is 4. The number of aryl methyl sites for hydroxylation is 2. The van der Waals surface area contributed by atoms with E-state index in [-0.39, 0.29) is 11.5 Å². The highest BCUT2D eigenvalue weighted by Gasteiger charge is 2.30. The molecule has 3 aromatic rings. The van der Waals surface area contributed by atoms with Crippen LogP contribution in [0.2, 0.25) is 0 Å². The molecule has 142 valence electrons. The third kappa shape index (κ3) is 3.92. The molecule has 0 saturated heterocycles. The number of ketones is 1. The maximum Gasteiger partial charge on any atom is 0.416 e. The van der Waals surface area contributed by atoms with Gasteiger partial charge >= 0.3 is 6.18 Å². The van der Waals surface area contributed by atoms with Gasteiger partial charge in [0.2, 0.25) is 0 Å². The molecule has 9 heteroatoms. The first kappa shape index (κ1) is 19.2. The summed E-state index contributed by atoms with van der Waals surface area (Å²) in [6, 6.07) is 6.78. The molecule has 0 aliphatic rings. The van der Waals surface area contributed by atoms with Crippen molar-refractivity contribution in [3.05, 3.63) is 59.2 Å². The fourth-order valence-corrected chi connectivity index (χ4v) is 3.65. The number of carbonyl (C=O) groups excluding carboxylic acids is 1. The fraction of sp³-hybridized carbons (Fsp3) is 0.278. The SMILES string of the molecule is Cc1cc(C(=O)CSc2nncn2C)c(C)n1-c1cccc(C(F)(F)F)c1. The van der Waals surface area contributed by atoms with E-state index in [2.05, 4.69) is 10.2 Å². The van der Waals surface area contributed by atoms with Crippen molar-refractivity contribution in [3.8, 4) is 5.69 Å². The average molecular weight is 394 g/mol. The van der Waals surface area contributed by atoms with Crippen LogP contribution >= 0.6 is 11.8 Å². The summed E-state index contributed by atoms with van der Waals surface area (Å²) < 4.78 is 42.4. The molecule has 3 rings (SSSR count). The summed E-state index contributed by atoms with van der Waals surface area (Å²) in [5.41, 5.74) is 1.44. The zero-order valence-corrected chi connectivity index (χ0v) is 15.7. The Bertz CT molecular complexity index is 991. The molecule has 2 aromatic heterocycles. The second kappa shape index (κ2) is 7.22. The Hall–Kier alpha value is -2.55. The number of halogens is 3. The van der Waals surface area contributed by atoms with Gasteiger partial charge in [-0.3, -0.25) is 4.79 Å². The van der Waals surface area contributed by atoms with Gasteiger partial charge in [-0.25, -0.2) is 0 Å². The normalized spacial score (nSPS) is 11.8. The Kier molecular flexibility index (Phi) is 5.14. The Labute approximate surface area is 158 Å². The molecular weight excluding hydrogens is 377 g/mol. The summed E-state index contributed by atoms with van der Waals surface area (Å²) in [4.78, 5) is 12.6. The van der Waals surface area contributed by atoms with Crippen LogP contribution in [0.25, 0.3) is 5.69 Å². The van der Waals surface area contributed by atoms with Gasteiger partial charge in [-0.15, -0.1) is 10.2 Å². The molecule has 0 atom stereocenters. The lowest BCUT2D eigenvalue weighted by Crippen LogP contribution is -2.08. The summed E-state index contributed by atoms with van der Waals surface area (Å²) in [6.07, 6.45) is -2.87. The first-order valence-corrected chi connectivity index (χ1v) is 9.03. The van der Waals surface area contributed by atoms with E-state index in [0.717, 1.165) is 12.1 Å². The molecule has 0 saturated carbocycles. The van der Waals surface area contributed by atoms with E-state index in [9.17, 15) is 18.0 Å². The maximum atomic E-state index is 13.0. The zero-order valence-electron chi connectivity index (χ0n) is 14.9. The Morgan fingerprint density at radius 2 is 1.96 bits per heavy atom. The third-order valence-electron chi connectivity index (χ3n) is 4.17. The first-order valence-electron chi connectivity index (χ1n) is 8.05. The monoisotopic (exact) mass is 394 g/mol. The van der Waals surface area contributed by atoms with Gasteiger partial charge in [0.15, 0.2) is 10.9 Å². The van der Waals surface area contributed by atoms with Gasteiger partial charge in [0.1, 0.15) is 6.33 Å². The van der Waals surface area contributed by atoms with Crippen molar-refractivity contribution in [3.63, 3.8) is 0 Å². The maximum absolute atomic E-state index is 13.0. The molecule has 0 radical (unpaired) electrons. The van der Waals surface area contributed by atoms with Crippen molar-refractivity contribution in [1.82, 2.24) is 19.3 Å². The standard InChI is InChI=1S/C18H17F3N4OS/c1-11-7-15(16(26)9-27-17-23-22-10-24(17)3)12(2)25(11)14-6-4-5-13(8-14)18(19,20)21/h4-8,10H,9H2,1-3H3. The van der Waals surface area contributed by atoms with E-state index in [0.29, 0.717) is 27.8 Å². The lowest BCUT2D eigenvalue weighted by atomic mass is 10.1. The topological polar surface area (TPSA) is 52.7 Å². The predicted molar refractivity (Wildman–Crippen MR) is 96.3 cm³/mol. The Morgan fingerprint density at radius 3 is 2.59 bits per heavy atom. The van der Waals surface area contributed by atoms with E-state index in [1.54, 1.807) is 48.5 Å². The van der Waals surface area contributed by atoms with Gasteiger partial charge in [-0.05, 0) is 38.1 Å². The Morgan fingerprint density at radius 1 is 1.22 bits per heavy atom. The summed E-state index contributed by atoms with van der Waals surface area (Å²) in [5.74, 6) is 0.0497. The van der Waals surface area contributed by atoms with Crippen molar-refractivity contribution in [1.29, 1.82) is 0 Å². The predicted octanol–water partition coefficient (Wildman–Crippen LogP) is 4.22. The molecule has 0 fully saturated rings. The minimum absolute atomic E-state index is 0.116. The second-order valence-electron chi connectivity index (χ2n) is 6.10. The second-order valence-corrected chi connectivity index (χ2v) is 7.05. The summed E-state index contributed by atoms with van der Waals surface area (Å²) in [6.45, 7) is 3.49. The number of Topliss-reactive ketones (excluding diaryl/α,β-unsaturated/α-hetero) is 1. The minimum atomic E-state index is -4.42. The number of hydrogen-bond donors (Lipinski definition) is 0. The van der Waals surface area contributed by atoms with Crippen LogP contribution in [0, 0.1) is 13.8 Å². The molecule has 0 N–H and O–H groups in total. The van der Waals surface area contributed by atoms with Crippen LogP contribution in [0.4, 0.5) is 13.2 Å². The lowest BCUT2D eigenvalue weighted by Gasteiger charge is -2.13. The molecule has 0 unspecified atom stereocenters. The molecule has 0 aliphatic heterocycles. The van der Waals surface area contributed by atoms with Crippen molar-refractivity contribution in [2.45, 2.75) is 25.2 Å². The van der Waals surface area contributed by atoms with Crippen LogP contribution in [0.5, 0.6) is 0 Å². The average Bonchev–Trinajstić information content (AvgIpc) is 3.14. The van der Waals surface area contributed by atoms with Gasteiger partial charge in [0.25, 0.3) is 0 Å². The van der Waals surface area contributed by atoms with Gasteiger partial charge in [-0.2, -0.15) is 13.2 Å². The van der Waals surface area contributed by atoms with Gasteiger partial charge in [0, 0.05) is 29.7 Å². The number of rotatable bonds is 5. The van der Waals surface area contributed by atoms with E-state index in [1.807, 2.05) is 0 Å². The van der Waals surface area contributed by atoms with Crippen molar-refractivity contribution in [2.75, 3.05) is 5.75 Å². The Balaban J connectivity index is 1.89. The van der Waals surface area contributed by atoms with E-state index in [1.165, 1.54) is 17.8 Å². The van der Waals surface area contributed by atoms with E-state index < -0.39 is 11.7 Å². The lowest BCUT2D eigenvalue weighted by molar-refractivity contribution is -0.137. The number of carbonyl (C=O) groups is 1. The number of thioether (sulfide) groups is 1. The van der Waals surface area contributed by atoms with Gasteiger partial charge in [0.05, 0.1) is 11.3 Å². The molecule has 27 heavy (non-hydrogen) atoms. The molecular formula is C18H17F3N4OS. The smallest absolute Gasteiger partial charge is 0.318 e. The first-order chi connectivity index (χ1) is 12.7. The molecule has 0 spiro atoms. The van der Waals surface area contributed by atoms with Crippen LogP contribution < -0.4 is 0 Å². The minimum Gasteiger partial charge on any atom is -0.318 e. The summed E-state index contributed by atoms with van der Waals surface area (Å²) in [5, 5.41) is 8.30. The molecule has 1 aromatic carbocycles. The van der Waals surface area contributed by atoms with Crippen molar-refractivity contribution < 1.29 is 18.0 Å². The molecule has 2 heterocycles. The zero-order chi connectivity index (χ0) is 19.8. The number of nitrogens with zero attached hydrogens (tertiary/aromatic N) is 4. The number of hydrogen-bond acceptors (Lipinski definition) is 4.